The Hall–Kier alpha value is -1.89. The highest BCUT2D eigenvalue weighted by Crippen LogP contribution is 2.25. The van der Waals surface area contributed by atoms with Gasteiger partial charge in [0, 0.05) is 12.0 Å². The number of nitrogens with zero attached hydrogens (tertiary/aromatic N) is 1. The zero-order chi connectivity index (χ0) is 12.1. The highest BCUT2D eigenvalue weighted by Gasteiger charge is 2.21. The third-order valence-electron chi connectivity index (χ3n) is 2.64. The van der Waals surface area contributed by atoms with Gasteiger partial charge in [-0.25, -0.2) is 4.79 Å². The monoisotopic (exact) mass is 218 g/mol. The van der Waals surface area contributed by atoms with Crippen LogP contribution >= 0.6 is 0 Å². The number of nitrogens with one attached hydrogen (secondary N) is 1. The minimum absolute atomic E-state index is 0.0298. The number of nitriles is 1. The molecule has 0 saturated heterocycles. The summed E-state index contributed by atoms with van der Waals surface area (Å²) in [5.74, 6) is -0.344. The molecule has 0 aliphatic heterocycles. The third-order valence-corrected chi connectivity index (χ3v) is 2.64. The second kappa shape index (κ2) is 5.26. The number of hydrogen-bond acceptors (Lipinski definition) is 4. The van der Waals surface area contributed by atoms with Gasteiger partial charge in [-0.05, 0) is 17.9 Å². The van der Waals surface area contributed by atoms with Crippen LogP contribution in [0.2, 0.25) is 0 Å². The standard InChI is InChI=1S/C12H14N2O2/c1-8-5-9(7-13)3-4-10(8)6-11(14)12(15)16-2/h3-5,8,10,14H,6H2,1-2H3. The molecule has 0 aromatic carbocycles. The number of carbonyl (C=O) groups is 1. The smallest absolute Gasteiger partial charge is 0.351 e. The molecule has 2 unspecified atom stereocenters. The van der Waals surface area contributed by atoms with Gasteiger partial charge in [-0.1, -0.05) is 19.1 Å². The third kappa shape index (κ3) is 2.80. The molecule has 1 rings (SSSR count). The fourth-order valence-corrected chi connectivity index (χ4v) is 1.64. The van der Waals surface area contributed by atoms with Crippen LogP contribution in [0.15, 0.2) is 23.8 Å². The van der Waals surface area contributed by atoms with Crippen LogP contribution in [-0.4, -0.2) is 18.8 Å². The first-order valence-electron chi connectivity index (χ1n) is 5.04. The predicted octanol–water partition coefficient (Wildman–Crippen LogP) is 1.84. The molecule has 0 bridgehead atoms. The molecule has 0 amide bonds. The largest absolute Gasteiger partial charge is 0.465 e. The Labute approximate surface area is 94.7 Å². The summed E-state index contributed by atoms with van der Waals surface area (Å²) >= 11 is 0. The lowest BCUT2D eigenvalue weighted by Gasteiger charge is -2.20. The predicted molar refractivity (Wildman–Crippen MR) is 59.8 cm³/mol. The Balaban J connectivity index is 2.63. The van der Waals surface area contributed by atoms with Crippen molar-refractivity contribution in [3.63, 3.8) is 0 Å². The molecular weight excluding hydrogens is 204 g/mol. The SMILES string of the molecule is COC(=O)C(=N)CC1C=CC(C#N)=CC1C. The molecule has 0 radical (unpaired) electrons. The average Bonchev–Trinajstić information content (AvgIpc) is 2.30. The van der Waals surface area contributed by atoms with Crippen molar-refractivity contribution in [2.45, 2.75) is 13.3 Å². The van der Waals surface area contributed by atoms with Crippen LogP contribution in [0.5, 0.6) is 0 Å². The molecule has 0 aromatic rings. The van der Waals surface area contributed by atoms with Crippen LogP contribution in [-0.2, 0) is 9.53 Å². The molecule has 1 N–H and O–H groups in total. The summed E-state index contributed by atoms with van der Waals surface area (Å²) in [5.41, 5.74) is 0.603. The van der Waals surface area contributed by atoms with Gasteiger partial charge in [-0.2, -0.15) is 5.26 Å². The summed E-state index contributed by atoms with van der Waals surface area (Å²) in [5, 5.41) is 16.2. The number of hydrogen-bond donors (Lipinski definition) is 1. The van der Waals surface area contributed by atoms with E-state index in [1.165, 1.54) is 7.11 Å². The number of esters is 1. The molecular formula is C12H14N2O2. The molecule has 0 spiro atoms. The van der Waals surface area contributed by atoms with Gasteiger partial charge >= 0.3 is 5.97 Å². The molecule has 0 heterocycles. The van der Waals surface area contributed by atoms with Gasteiger partial charge < -0.3 is 4.74 Å². The second-order valence-corrected chi connectivity index (χ2v) is 3.79. The lowest BCUT2D eigenvalue weighted by Crippen LogP contribution is -2.21. The zero-order valence-corrected chi connectivity index (χ0v) is 9.36. The van der Waals surface area contributed by atoms with Gasteiger partial charge in [0.05, 0.1) is 13.2 Å². The van der Waals surface area contributed by atoms with Crippen LogP contribution in [0.25, 0.3) is 0 Å². The summed E-state index contributed by atoms with van der Waals surface area (Å²) in [7, 11) is 1.27. The van der Waals surface area contributed by atoms with Crippen LogP contribution in [0.1, 0.15) is 13.3 Å². The highest BCUT2D eigenvalue weighted by atomic mass is 16.5. The van der Waals surface area contributed by atoms with Gasteiger partial charge in [0.15, 0.2) is 0 Å². The van der Waals surface area contributed by atoms with E-state index in [-0.39, 0.29) is 17.5 Å². The number of rotatable bonds is 3. The molecule has 2 atom stereocenters. The van der Waals surface area contributed by atoms with Crippen LogP contribution in [0.3, 0.4) is 0 Å². The van der Waals surface area contributed by atoms with Crippen molar-refractivity contribution in [1.82, 2.24) is 0 Å². The Morgan fingerprint density at radius 2 is 2.38 bits per heavy atom. The first kappa shape index (κ1) is 12.2. The van der Waals surface area contributed by atoms with E-state index in [0.717, 1.165) is 0 Å². The molecule has 0 fully saturated rings. The maximum atomic E-state index is 11.1. The average molecular weight is 218 g/mol. The van der Waals surface area contributed by atoms with Crippen molar-refractivity contribution >= 4 is 11.7 Å². The van der Waals surface area contributed by atoms with Gasteiger partial charge in [-0.15, -0.1) is 0 Å². The number of carbonyl (C=O) groups excluding carboxylic acids is 1. The Morgan fingerprint density at radius 1 is 1.69 bits per heavy atom. The van der Waals surface area contributed by atoms with Crippen molar-refractivity contribution in [1.29, 1.82) is 10.7 Å². The van der Waals surface area contributed by atoms with E-state index in [4.69, 9.17) is 10.7 Å². The van der Waals surface area contributed by atoms with Crippen LogP contribution < -0.4 is 0 Å². The van der Waals surface area contributed by atoms with Crippen LogP contribution in [0.4, 0.5) is 0 Å². The van der Waals surface area contributed by atoms with Crippen molar-refractivity contribution in [2.24, 2.45) is 11.8 Å². The van der Waals surface area contributed by atoms with Crippen molar-refractivity contribution in [3.8, 4) is 6.07 Å². The molecule has 4 heteroatoms. The van der Waals surface area contributed by atoms with Crippen molar-refractivity contribution in [2.75, 3.05) is 7.11 Å². The van der Waals surface area contributed by atoms with E-state index >= 15 is 0 Å². The van der Waals surface area contributed by atoms with E-state index in [2.05, 4.69) is 10.8 Å². The minimum Gasteiger partial charge on any atom is -0.465 e. The van der Waals surface area contributed by atoms with Crippen molar-refractivity contribution in [3.05, 3.63) is 23.8 Å². The first-order valence-corrected chi connectivity index (χ1v) is 5.04. The van der Waals surface area contributed by atoms with Crippen molar-refractivity contribution < 1.29 is 9.53 Å². The summed E-state index contributed by atoms with van der Waals surface area (Å²) < 4.78 is 4.48. The molecule has 84 valence electrons. The molecule has 4 nitrogen and oxygen atoms in total. The minimum atomic E-state index is -0.587. The summed E-state index contributed by atoms with van der Waals surface area (Å²) in [4.78, 5) is 11.1. The van der Waals surface area contributed by atoms with Gasteiger partial charge in [0.2, 0.25) is 0 Å². The highest BCUT2D eigenvalue weighted by molar-refractivity contribution is 6.35. The van der Waals surface area contributed by atoms with E-state index in [1.54, 1.807) is 6.08 Å². The number of allylic oxidation sites excluding steroid dienone is 4. The van der Waals surface area contributed by atoms with E-state index < -0.39 is 5.97 Å². The molecule has 0 aromatic heterocycles. The summed E-state index contributed by atoms with van der Waals surface area (Å²) in [6.07, 6.45) is 5.81. The van der Waals surface area contributed by atoms with E-state index in [0.29, 0.717) is 12.0 Å². The lowest BCUT2D eigenvalue weighted by molar-refractivity contribution is -0.133. The fraction of sp³-hybridized carbons (Fsp3) is 0.417. The fourth-order valence-electron chi connectivity index (χ4n) is 1.64. The Kier molecular flexibility index (Phi) is 4.01. The Morgan fingerprint density at radius 3 is 2.88 bits per heavy atom. The normalized spacial score (nSPS) is 23.2. The molecule has 1 aliphatic rings. The molecule has 1 aliphatic carbocycles. The number of ether oxygens (including phenoxy) is 1. The maximum absolute atomic E-state index is 11.1. The Bertz CT molecular complexity index is 402. The van der Waals surface area contributed by atoms with Gasteiger partial charge in [0.1, 0.15) is 5.71 Å². The van der Waals surface area contributed by atoms with E-state index in [1.807, 2.05) is 19.1 Å². The molecule has 16 heavy (non-hydrogen) atoms. The van der Waals surface area contributed by atoms with E-state index in [9.17, 15) is 4.79 Å². The van der Waals surface area contributed by atoms with Gasteiger partial charge in [-0.3, -0.25) is 5.41 Å². The van der Waals surface area contributed by atoms with Crippen LogP contribution in [0, 0.1) is 28.6 Å². The first-order chi connectivity index (χ1) is 7.58. The molecule has 0 saturated carbocycles. The second-order valence-electron chi connectivity index (χ2n) is 3.79. The number of methoxy groups -OCH3 is 1. The lowest BCUT2D eigenvalue weighted by atomic mass is 9.84. The summed E-state index contributed by atoms with van der Waals surface area (Å²) in [6.45, 7) is 1.97. The quantitative estimate of drug-likeness (QED) is 0.580. The maximum Gasteiger partial charge on any atom is 0.351 e. The summed E-state index contributed by atoms with van der Waals surface area (Å²) in [6, 6.07) is 2.07. The topological polar surface area (TPSA) is 73.9 Å². The zero-order valence-electron chi connectivity index (χ0n) is 9.36. The van der Waals surface area contributed by atoms with Gasteiger partial charge in [0.25, 0.3) is 0 Å².